The molecule has 2 amide bonds. The average molecular weight is 398 g/mol. The quantitative estimate of drug-likeness (QED) is 0.438. The third-order valence-corrected chi connectivity index (χ3v) is 4.31. The van der Waals surface area contributed by atoms with Crippen molar-refractivity contribution < 1.29 is 14.3 Å². The van der Waals surface area contributed by atoms with E-state index >= 15 is 0 Å². The fourth-order valence-electron chi connectivity index (χ4n) is 2.79. The molecular formula is C23H31N3O3. The number of ether oxygens (including phenoxy) is 1. The minimum absolute atomic E-state index is 0.117. The van der Waals surface area contributed by atoms with Crippen LogP contribution in [-0.2, 0) is 9.59 Å². The first-order chi connectivity index (χ1) is 14.1. The average Bonchev–Trinajstić information content (AvgIpc) is 2.71. The first kappa shape index (κ1) is 22.3. The van der Waals surface area contributed by atoms with Gasteiger partial charge in [0.15, 0.2) is 0 Å². The van der Waals surface area contributed by atoms with E-state index in [0.29, 0.717) is 0 Å². The number of hydrogen-bond acceptors (Lipinski definition) is 4. The molecule has 0 aliphatic carbocycles. The number of anilines is 3. The van der Waals surface area contributed by atoms with Gasteiger partial charge in [0, 0.05) is 24.0 Å². The smallest absolute Gasteiger partial charge is 0.243 e. The number of hydrogen-bond donors (Lipinski definition) is 3. The van der Waals surface area contributed by atoms with Crippen molar-refractivity contribution in [1.82, 2.24) is 0 Å². The maximum Gasteiger partial charge on any atom is 0.243 e. The van der Waals surface area contributed by atoms with Crippen molar-refractivity contribution in [2.45, 2.75) is 46.0 Å². The molecule has 0 saturated carbocycles. The highest BCUT2D eigenvalue weighted by Crippen LogP contribution is 2.17. The summed E-state index contributed by atoms with van der Waals surface area (Å²) >= 11 is 0. The third-order valence-electron chi connectivity index (χ3n) is 4.31. The van der Waals surface area contributed by atoms with Crippen LogP contribution in [-0.4, -0.2) is 25.0 Å². The van der Waals surface area contributed by atoms with Crippen LogP contribution in [0.25, 0.3) is 0 Å². The van der Waals surface area contributed by atoms with E-state index in [-0.39, 0.29) is 18.4 Å². The van der Waals surface area contributed by atoms with Gasteiger partial charge < -0.3 is 20.7 Å². The lowest BCUT2D eigenvalue weighted by atomic mass is 10.2. The van der Waals surface area contributed by atoms with Crippen molar-refractivity contribution >= 4 is 28.9 Å². The molecule has 2 aromatic rings. The van der Waals surface area contributed by atoms with Crippen molar-refractivity contribution in [2.24, 2.45) is 0 Å². The summed E-state index contributed by atoms with van der Waals surface area (Å²) in [7, 11) is 0. The maximum absolute atomic E-state index is 12.1. The van der Waals surface area contributed by atoms with Gasteiger partial charge in [0.25, 0.3) is 0 Å². The van der Waals surface area contributed by atoms with Gasteiger partial charge in [-0.1, -0.05) is 32.6 Å². The Morgan fingerprint density at radius 1 is 0.793 bits per heavy atom. The molecule has 0 aromatic heterocycles. The molecule has 2 rings (SSSR count). The lowest BCUT2D eigenvalue weighted by molar-refractivity contribution is -0.115. The standard InChI is InChI=1S/C23H31N3O3/c1-3-4-5-6-7-16-29-22-14-12-21(13-15-22)26-23(28)17-24-19-8-10-20(11-9-19)25-18(2)27/h8-15,24H,3-7,16-17H2,1-2H3,(H,25,27)(H,26,28). The summed E-state index contributed by atoms with van der Waals surface area (Å²) in [6.45, 7) is 4.54. The molecule has 2 aromatic carbocycles. The molecule has 6 nitrogen and oxygen atoms in total. The van der Waals surface area contributed by atoms with Gasteiger partial charge >= 0.3 is 0 Å². The van der Waals surface area contributed by atoms with E-state index in [0.717, 1.165) is 35.8 Å². The largest absolute Gasteiger partial charge is 0.494 e. The highest BCUT2D eigenvalue weighted by atomic mass is 16.5. The molecule has 0 aliphatic heterocycles. The zero-order chi connectivity index (χ0) is 20.9. The zero-order valence-electron chi connectivity index (χ0n) is 17.3. The number of rotatable bonds is 12. The third kappa shape index (κ3) is 9.14. The van der Waals surface area contributed by atoms with Crippen molar-refractivity contribution in [1.29, 1.82) is 0 Å². The molecule has 0 unspecified atom stereocenters. The fourth-order valence-corrected chi connectivity index (χ4v) is 2.79. The Morgan fingerprint density at radius 3 is 2.03 bits per heavy atom. The summed E-state index contributed by atoms with van der Waals surface area (Å²) in [5.74, 6) is 0.560. The van der Waals surface area contributed by atoms with Crippen LogP contribution in [0.2, 0.25) is 0 Å². The minimum Gasteiger partial charge on any atom is -0.494 e. The number of unbranched alkanes of at least 4 members (excludes halogenated alkanes) is 4. The summed E-state index contributed by atoms with van der Waals surface area (Å²) in [6, 6.07) is 14.6. The lowest BCUT2D eigenvalue weighted by Gasteiger charge is -2.10. The molecule has 29 heavy (non-hydrogen) atoms. The second-order valence-corrected chi connectivity index (χ2v) is 6.95. The van der Waals surface area contributed by atoms with Gasteiger partial charge in [-0.25, -0.2) is 0 Å². The van der Waals surface area contributed by atoms with Gasteiger partial charge in [-0.3, -0.25) is 9.59 Å². The molecule has 0 spiro atoms. The van der Waals surface area contributed by atoms with Crippen LogP contribution in [0.5, 0.6) is 5.75 Å². The Morgan fingerprint density at radius 2 is 1.38 bits per heavy atom. The number of benzene rings is 2. The van der Waals surface area contributed by atoms with E-state index in [9.17, 15) is 9.59 Å². The predicted octanol–water partition coefficient (Wildman–Crippen LogP) is 5.04. The van der Waals surface area contributed by atoms with Crippen LogP contribution < -0.4 is 20.7 Å². The Hall–Kier alpha value is -3.02. The van der Waals surface area contributed by atoms with Crippen molar-refractivity contribution in [2.75, 3.05) is 29.1 Å². The molecule has 0 aliphatic rings. The predicted molar refractivity (Wildman–Crippen MR) is 119 cm³/mol. The molecule has 0 heterocycles. The molecule has 3 N–H and O–H groups in total. The van der Waals surface area contributed by atoms with Crippen molar-refractivity contribution in [3.63, 3.8) is 0 Å². The molecular weight excluding hydrogens is 366 g/mol. The first-order valence-corrected chi connectivity index (χ1v) is 10.2. The Bertz CT molecular complexity index is 758. The Labute approximate surface area is 173 Å². The highest BCUT2D eigenvalue weighted by molar-refractivity contribution is 5.94. The first-order valence-electron chi connectivity index (χ1n) is 10.2. The molecule has 0 radical (unpaired) electrons. The van der Waals surface area contributed by atoms with Gasteiger partial charge in [-0.15, -0.1) is 0 Å². The van der Waals surface area contributed by atoms with Gasteiger partial charge in [-0.05, 0) is 55.0 Å². The summed E-state index contributed by atoms with van der Waals surface area (Å²) < 4.78 is 5.73. The second-order valence-electron chi connectivity index (χ2n) is 6.95. The highest BCUT2D eigenvalue weighted by Gasteiger charge is 2.04. The molecule has 0 fully saturated rings. The van der Waals surface area contributed by atoms with Gasteiger partial charge in [0.05, 0.1) is 13.2 Å². The van der Waals surface area contributed by atoms with Crippen LogP contribution in [0.1, 0.15) is 46.0 Å². The van der Waals surface area contributed by atoms with Gasteiger partial charge in [-0.2, -0.15) is 0 Å². The monoisotopic (exact) mass is 397 g/mol. The SMILES string of the molecule is CCCCCCCOc1ccc(NC(=O)CNc2ccc(NC(C)=O)cc2)cc1. The van der Waals surface area contributed by atoms with Crippen LogP contribution in [0.4, 0.5) is 17.1 Å². The molecule has 0 atom stereocenters. The van der Waals surface area contributed by atoms with E-state index in [1.807, 2.05) is 36.4 Å². The van der Waals surface area contributed by atoms with Crippen LogP contribution >= 0.6 is 0 Å². The Balaban J connectivity index is 1.68. The number of carbonyl (C=O) groups is 2. The summed E-state index contributed by atoms with van der Waals surface area (Å²) in [5.41, 5.74) is 2.25. The molecule has 6 heteroatoms. The van der Waals surface area contributed by atoms with Gasteiger partial charge in [0.2, 0.25) is 11.8 Å². The van der Waals surface area contributed by atoms with E-state index in [2.05, 4.69) is 22.9 Å². The van der Waals surface area contributed by atoms with Crippen LogP contribution in [0, 0.1) is 0 Å². The van der Waals surface area contributed by atoms with E-state index in [1.54, 1.807) is 12.1 Å². The second kappa shape index (κ2) is 12.4. The normalized spacial score (nSPS) is 10.3. The summed E-state index contributed by atoms with van der Waals surface area (Å²) in [4.78, 5) is 23.1. The van der Waals surface area contributed by atoms with Crippen LogP contribution in [0.15, 0.2) is 48.5 Å². The summed E-state index contributed by atoms with van der Waals surface area (Å²) in [6.07, 6.45) is 6.05. The molecule has 156 valence electrons. The maximum atomic E-state index is 12.1. The van der Waals surface area contributed by atoms with Crippen molar-refractivity contribution in [3.8, 4) is 5.75 Å². The lowest BCUT2D eigenvalue weighted by Crippen LogP contribution is -2.21. The topological polar surface area (TPSA) is 79.5 Å². The molecule has 0 bridgehead atoms. The van der Waals surface area contributed by atoms with Gasteiger partial charge in [0.1, 0.15) is 5.75 Å². The molecule has 0 saturated heterocycles. The number of carbonyl (C=O) groups excluding carboxylic acids is 2. The minimum atomic E-state index is -0.138. The zero-order valence-corrected chi connectivity index (χ0v) is 17.3. The van der Waals surface area contributed by atoms with E-state index in [1.165, 1.54) is 32.6 Å². The van der Waals surface area contributed by atoms with E-state index in [4.69, 9.17) is 4.74 Å². The van der Waals surface area contributed by atoms with Crippen LogP contribution in [0.3, 0.4) is 0 Å². The van der Waals surface area contributed by atoms with Crippen molar-refractivity contribution in [3.05, 3.63) is 48.5 Å². The number of nitrogens with one attached hydrogen (secondary N) is 3. The number of amides is 2. The summed E-state index contributed by atoms with van der Waals surface area (Å²) in [5, 5.41) is 8.61. The Kier molecular flexibility index (Phi) is 9.55. The fraction of sp³-hybridized carbons (Fsp3) is 0.391. The van der Waals surface area contributed by atoms with E-state index < -0.39 is 0 Å².